The van der Waals surface area contributed by atoms with Crippen LogP contribution in [0.4, 0.5) is 4.79 Å². The van der Waals surface area contributed by atoms with E-state index < -0.39 is 11.6 Å². The molecule has 1 aliphatic heterocycles. The second-order valence-electron chi connectivity index (χ2n) is 8.34. The van der Waals surface area contributed by atoms with E-state index in [4.69, 9.17) is 14.6 Å². The second-order valence-corrected chi connectivity index (χ2v) is 8.34. The molecule has 7 heteroatoms. The van der Waals surface area contributed by atoms with Crippen LogP contribution >= 0.6 is 0 Å². The number of carbonyl (C=O) groups excluding carboxylic acids is 1. The molecule has 1 amide bonds. The highest BCUT2D eigenvalue weighted by Gasteiger charge is 2.31. The van der Waals surface area contributed by atoms with Gasteiger partial charge in [0, 0.05) is 19.2 Å². The summed E-state index contributed by atoms with van der Waals surface area (Å²) in [6.07, 6.45) is 3.28. The molecule has 0 aromatic carbocycles. The fourth-order valence-electron chi connectivity index (χ4n) is 3.44. The lowest BCUT2D eigenvalue weighted by atomic mass is 9.89. The van der Waals surface area contributed by atoms with Gasteiger partial charge in [-0.2, -0.15) is 0 Å². The monoisotopic (exact) mass is 392 g/mol. The number of ether oxygens (including phenoxy) is 2. The van der Waals surface area contributed by atoms with Crippen LogP contribution in [0.15, 0.2) is 12.1 Å². The minimum absolute atomic E-state index is 0.00614. The molecule has 1 aromatic rings. The topological polar surface area (TPSA) is 89.0 Å². The maximum Gasteiger partial charge on any atom is 0.410 e. The first-order chi connectivity index (χ1) is 13.1. The molecule has 0 radical (unpaired) electrons. The second kappa shape index (κ2) is 9.26. The highest BCUT2D eigenvalue weighted by molar-refractivity contribution is 5.88. The van der Waals surface area contributed by atoms with E-state index in [0.717, 1.165) is 25.7 Å². The molecule has 7 nitrogen and oxygen atoms in total. The van der Waals surface area contributed by atoms with E-state index in [9.17, 15) is 9.59 Å². The van der Waals surface area contributed by atoms with Gasteiger partial charge in [0.05, 0.1) is 11.3 Å². The minimum atomic E-state index is -0.990. The number of carbonyl (C=O) groups is 2. The molecule has 0 spiro atoms. The third-order valence-electron chi connectivity index (χ3n) is 4.85. The molecular formula is C21H32N2O5. The summed E-state index contributed by atoms with van der Waals surface area (Å²) in [5.41, 5.74) is 0.137. The lowest BCUT2D eigenvalue weighted by molar-refractivity contribution is 0.00951. The Morgan fingerprint density at radius 1 is 1.29 bits per heavy atom. The highest BCUT2D eigenvalue weighted by atomic mass is 16.6. The fourth-order valence-corrected chi connectivity index (χ4v) is 3.44. The van der Waals surface area contributed by atoms with Gasteiger partial charge < -0.3 is 19.5 Å². The molecule has 1 aliphatic rings. The number of rotatable bonds is 6. The summed E-state index contributed by atoms with van der Waals surface area (Å²) in [5.74, 6) is -0.216. The van der Waals surface area contributed by atoms with Crippen molar-refractivity contribution in [3.8, 4) is 5.88 Å². The molecule has 0 aliphatic carbocycles. The number of aromatic carboxylic acids is 1. The lowest BCUT2D eigenvalue weighted by Gasteiger charge is -2.36. The first-order valence-electron chi connectivity index (χ1n) is 9.96. The Labute approximate surface area is 167 Å². The Kier molecular flexibility index (Phi) is 7.27. The molecule has 0 bridgehead atoms. The lowest BCUT2D eigenvalue weighted by Crippen LogP contribution is -2.44. The zero-order valence-electron chi connectivity index (χ0n) is 17.5. The number of aromatic nitrogens is 1. The number of carboxylic acid groups (broad SMARTS) is 1. The van der Waals surface area contributed by atoms with E-state index in [1.54, 1.807) is 17.9 Å². The molecule has 2 heterocycles. The average molecular weight is 392 g/mol. The predicted octanol–water partition coefficient (Wildman–Crippen LogP) is 4.28. The fraction of sp³-hybridized carbons (Fsp3) is 0.667. The Morgan fingerprint density at radius 3 is 2.43 bits per heavy atom. The molecule has 1 unspecified atom stereocenters. The number of likely N-dealkylation sites (tertiary alicyclic amines) is 1. The van der Waals surface area contributed by atoms with Crippen LogP contribution in [0.25, 0.3) is 0 Å². The number of hydrogen-bond donors (Lipinski definition) is 1. The summed E-state index contributed by atoms with van der Waals surface area (Å²) in [7, 11) is 0. The molecule has 0 saturated carbocycles. The Bertz CT molecular complexity index is 691. The van der Waals surface area contributed by atoms with E-state index in [2.05, 4.69) is 11.9 Å². The molecule has 1 fully saturated rings. The van der Waals surface area contributed by atoms with Crippen LogP contribution in [-0.2, 0) is 4.74 Å². The van der Waals surface area contributed by atoms with Gasteiger partial charge in [0.1, 0.15) is 11.7 Å². The third kappa shape index (κ3) is 6.11. The minimum Gasteiger partial charge on any atom is -0.478 e. The number of amides is 1. The van der Waals surface area contributed by atoms with Crippen LogP contribution in [0.2, 0.25) is 0 Å². The SMILES string of the molecule is CCCC(Oc1ccc(C(=O)O)c(C)n1)C1CCN(C(=O)OC(C)(C)C)CC1. The smallest absolute Gasteiger partial charge is 0.410 e. The van der Waals surface area contributed by atoms with Gasteiger partial charge in [-0.25, -0.2) is 14.6 Å². The summed E-state index contributed by atoms with van der Waals surface area (Å²) in [6.45, 7) is 10.7. The maximum atomic E-state index is 12.2. The van der Waals surface area contributed by atoms with Crippen LogP contribution in [0, 0.1) is 12.8 Å². The molecule has 1 atom stereocenters. The van der Waals surface area contributed by atoms with Gasteiger partial charge in [-0.05, 0) is 58.9 Å². The zero-order chi connectivity index (χ0) is 20.9. The van der Waals surface area contributed by atoms with E-state index in [1.807, 2.05) is 20.8 Å². The van der Waals surface area contributed by atoms with Crippen molar-refractivity contribution in [2.24, 2.45) is 5.92 Å². The van der Waals surface area contributed by atoms with E-state index >= 15 is 0 Å². The molecule has 156 valence electrons. The van der Waals surface area contributed by atoms with Crippen molar-refractivity contribution in [3.63, 3.8) is 0 Å². The van der Waals surface area contributed by atoms with Crippen LogP contribution in [0.5, 0.6) is 5.88 Å². The van der Waals surface area contributed by atoms with Crippen molar-refractivity contribution in [2.45, 2.75) is 72.0 Å². The van der Waals surface area contributed by atoms with Crippen molar-refractivity contribution < 1.29 is 24.2 Å². The molecule has 1 aromatic heterocycles. The van der Waals surface area contributed by atoms with Crippen LogP contribution in [0.3, 0.4) is 0 Å². The first kappa shape index (κ1) is 22.0. The third-order valence-corrected chi connectivity index (χ3v) is 4.85. The van der Waals surface area contributed by atoms with Crippen LogP contribution in [0.1, 0.15) is 69.4 Å². The first-order valence-corrected chi connectivity index (χ1v) is 9.96. The summed E-state index contributed by atoms with van der Waals surface area (Å²) < 4.78 is 11.6. The van der Waals surface area contributed by atoms with Gasteiger partial charge in [-0.3, -0.25) is 0 Å². The van der Waals surface area contributed by atoms with Gasteiger partial charge in [-0.15, -0.1) is 0 Å². The number of nitrogens with zero attached hydrogens (tertiary/aromatic N) is 2. The molecule has 1 saturated heterocycles. The Balaban J connectivity index is 1.99. The van der Waals surface area contributed by atoms with Crippen molar-refractivity contribution in [2.75, 3.05) is 13.1 Å². The molecule has 28 heavy (non-hydrogen) atoms. The summed E-state index contributed by atoms with van der Waals surface area (Å²) in [5, 5.41) is 9.14. The maximum absolute atomic E-state index is 12.2. The van der Waals surface area contributed by atoms with Gasteiger partial charge in [0.15, 0.2) is 0 Å². The summed E-state index contributed by atoms with van der Waals surface area (Å²) in [4.78, 5) is 29.5. The Hall–Kier alpha value is -2.31. The molecular weight excluding hydrogens is 360 g/mol. The zero-order valence-corrected chi connectivity index (χ0v) is 17.5. The Morgan fingerprint density at radius 2 is 1.93 bits per heavy atom. The largest absolute Gasteiger partial charge is 0.478 e. The molecule has 1 N–H and O–H groups in total. The van der Waals surface area contributed by atoms with Crippen LogP contribution < -0.4 is 4.74 Å². The quantitative estimate of drug-likeness (QED) is 0.777. The van der Waals surface area contributed by atoms with E-state index in [0.29, 0.717) is 30.6 Å². The van der Waals surface area contributed by atoms with Crippen molar-refractivity contribution in [1.82, 2.24) is 9.88 Å². The number of aryl methyl sites for hydroxylation is 1. The predicted molar refractivity (Wildman–Crippen MR) is 106 cm³/mol. The number of hydrogen-bond acceptors (Lipinski definition) is 5. The highest BCUT2D eigenvalue weighted by Crippen LogP contribution is 2.28. The van der Waals surface area contributed by atoms with Gasteiger partial charge in [0.2, 0.25) is 5.88 Å². The van der Waals surface area contributed by atoms with Crippen LogP contribution in [-0.4, -0.2) is 51.8 Å². The standard InChI is InChI=1S/C21H32N2O5/c1-6-7-17(27-18-9-8-16(19(24)25)14(2)22-18)15-10-12-23(13-11-15)20(26)28-21(3,4)5/h8-9,15,17H,6-7,10-13H2,1-5H3,(H,24,25). The summed E-state index contributed by atoms with van der Waals surface area (Å²) >= 11 is 0. The molecule has 2 rings (SSSR count). The number of piperidine rings is 1. The average Bonchev–Trinajstić information content (AvgIpc) is 2.60. The van der Waals surface area contributed by atoms with Gasteiger partial charge >= 0.3 is 12.1 Å². The van der Waals surface area contributed by atoms with Gasteiger partial charge in [0.25, 0.3) is 0 Å². The van der Waals surface area contributed by atoms with E-state index in [-0.39, 0.29) is 17.8 Å². The van der Waals surface area contributed by atoms with Gasteiger partial charge in [-0.1, -0.05) is 13.3 Å². The van der Waals surface area contributed by atoms with Crippen molar-refractivity contribution in [3.05, 3.63) is 23.4 Å². The number of carboxylic acids is 1. The number of pyridine rings is 1. The normalized spacial score (nSPS) is 16.5. The summed E-state index contributed by atoms with van der Waals surface area (Å²) in [6, 6.07) is 3.16. The van der Waals surface area contributed by atoms with Crippen molar-refractivity contribution in [1.29, 1.82) is 0 Å². The van der Waals surface area contributed by atoms with Crippen molar-refractivity contribution >= 4 is 12.1 Å². The van der Waals surface area contributed by atoms with E-state index in [1.165, 1.54) is 6.07 Å².